The number of carbonyl (C=O) groups excluding carboxylic acids is 1. The third kappa shape index (κ3) is 8.79. The minimum atomic E-state index is -3.24. The zero-order valence-corrected chi connectivity index (χ0v) is 22.2. The van der Waals surface area contributed by atoms with E-state index in [2.05, 4.69) is 39.2 Å². The first-order valence-corrected chi connectivity index (χ1v) is 15.5. The summed E-state index contributed by atoms with van der Waals surface area (Å²) in [4.78, 5) is 24.2. The largest absolute Gasteiger partial charge is 0.480 e. The molecular weight excluding hydrogens is 449 g/mol. The molecule has 1 aromatic rings. The number of hydrogen-bond acceptors (Lipinski definition) is 6. The van der Waals surface area contributed by atoms with Crippen LogP contribution in [-0.4, -0.2) is 51.2 Å². The summed E-state index contributed by atoms with van der Waals surface area (Å²) in [6.45, 7) is 14.8. The highest BCUT2D eigenvalue weighted by Crippen LogP contribution is 2.51. The van der Waals surface area contributed by atoms with Crippen molar-refractivity contribution in [3.63, 3.8) is 0 Å². The number of rotatable bonds is 13. The second-order valence-corrected chi connectivity index (χ2v) is 15.9. The first-order valence-electron chi connectivity index (χ1n) is 10.9. The Bertz CT molecular complexity index is 795. The molecule has 10 heteroatoms. The molecule has 32 heavy (non-hydrogen) atoms. The molecule has 0 spiro atoms. The van der Waals surface area contributed by atoms with Crippen LogP contribution in [0.5, 0.6) is 0 Å². The van der Waals surface area contributed by atoms with Gasteiger partial charge in [-0.25, -0.2) is 4.79 Å². The number of hydrogen-bond donors (Lipinski definition) is 2. The highest BCUT2D eigenvalue weighted by atomic mass is 31.2. The summed E-state index contributed by atoms with van der Waals surface area (Å²) in [6.07, 6.45) is 0.274. The van der Waals surface area contributed by atoms with E-state index < -0.39 is 33.8 Å². The lowest BCUT2D eigenvalue weighted by atomic mass is 10.1. The Morgan fingerprint density at radius 2 is 1.62 bits per heavy atom. The third-order valence-electron chi connectivity index (χ3n) is 5.52. The highest BCUT2D eigenvalue weighted by molar-refractivity contribution is 7.53. The molecular formula is C22H38NO7PSi. The molecule has 0 fully saturated rings. The van der Waals surface area contributed by atoms with Crippen LogP contribution in [-0.2, 0) is 29.0 Å². The number of amides is 1. The van der Waals surface area contributed by atoms with Gasteiger partial charge in [-0.2, -0.15) is 0 Å². The van der Waals surface area contributed by atoms with Crippen LogP contribution in [0.1, 0.15) is 57.0 Å². The molecule has 0 aromatic heterocycles. The molecule has 0 saturated carbocycles. The summed E-state index contributed by atoms with van der Waals surface area (Å²) < 4.78 is 29.3. The Morgan fingerprint density at radius 3 is 2.06 bits per heavy atom. The molecule has 182 valence electrons. The molecule has 1 aromatic carbocycles. The van der Waals surface area contributed by atoms with E-state index in [4.69, 9.17) is 13.5 Å². The number of carboxylic acid groups (broad SMARTS) is 1. The van der Waals surface area contributed by atoms with Gasteiger partial charge in [0.25, 0.3) is 5.91 Å². The smallest absolute Gasteiger partial charge is 0.335 e. The first-order chi connectivity index (χ1) is 14.7. The standard InChI is InChI=1S/C22H38NO7PSi/c1-8-28-31(27,29-9-2)16-17-10-12-18(13-11-17)20(24)23-19(21(25)26)14-15-30-32(6,7)22(3,4)5/h10-13,19H,8-9,14-16H2,1-7H3,(H,23,24)(H,25,26)/t19-/m1/s1. The van der Waals surface area contributed by atoms with Gasteiger partial charge >= 0.3 is 13.6 Å². The second kappa shape index (κ2) is 12.1. The van der Waals surface area contributed by atoms with Crippen molar-refractivity contribution in [2.45, 2.75) is 71.4 Å². The zero-order chi connectivity index (χ0) is 24.6. The van der Waals surface area contributed by atoms with Crippen LogP contribution >= 0.6 is 7.60 Å². The average molecular weight is 488 g/mol. The topological polar surface area (TPSA) is 111 Å². The number of carboxylic acids is 1. The van der Waals surface area contributed by atoms with E-state index in [0.717, 1.165) is 0 Å². The lowest BCUT2D eigenvalue weighted by Crippen LogP contribution is -2.44. The number of nitrogens with one attached hydrogen (secondary N) is 1. The van der Waals surface area contributed by atoms with E-state index in [9.17, 15) is 19.3 Å². The van der Waals surface area contributed by atoms with Gasteiger partial charge in [-0.15, -0.1) is 0 Å². The molecule has 0 radical (unpaired) electrons. The molecule has 0 aliphatic heterocycles. The summed E-state index contributed by atoms with van der Waals surface area (Å²) in [7, 11) is -5.24. The molecule has 2 N–H and O–H groups in total. The van der Waals surface area contributed by atoms with Gasteiger partial charge in [0.1, 0.15) is 6.04 Å². The molecule has 0 aliphatic rings. The molecule has 0 bridgehead atoms. The van der Waals surface area contributed by atoms with Crippen LogP contribution < -0.4 is 5.32 Å². The van der Waals surface area contributed by atoms with Gasteiger partial charge in [0, 0.05) is 18.6 Å². The van der Waals surface area contributed by atoms with Crippen LogP contribution in [0.2, 0.25) is 18.1 Å². The normalized spacial score (nSPS) is 13.6. The minimum absolute atomic E-state index is 0.0189. The van der Waals surface area contributed by atoms with Gasteiger partial charge in [-0.3, -0.25) is 9.36 Å². The van der Waals surface area contributed by atoms with Gasteiger partial charge in [0.05, 0.1) is 19.4 Å². The number of aliphatic carboxylic acids is 1. The lowest BCUT2D eigenvalue weighted by Gasteiger charge is -2.36. The quantitative estimate of drug-likeness (QED) is 0.296. The van der Waals surface area contributed by atoms with Gasteiger partial charge < -0.3 is 23.9 Å². The SMILES string of the molecule is CCOP(=O)(Cc1ccc(C(=O)N[C@H](CCO[Si](C)(C)C(C)(C)C)C(=O)O)cc1)OCC. The molecule has 1 amide bonds. The summed E-state index contributed by atoms with van der Waals surface area (Å²) in [6, 6.07) is 5.41. The summed E-state index contributed by atoms with van der Waals surface area (Å²) in [5, 5.41) is 12.1. The third-order valence-corrected chi connectivity index (χ3v) is 12.1. The Morgan fingerprint density at radius 1 is 1.09 bits per heavy atom. The van der Waals surface area contributed by atoms with Crippen LogP contribution in [0.15, 0.2) is 24.3 Å². The Balaban J connectivity index is 2.76. The molecule has 1 rings (SSSR count). The second-order valence-electron chi connectivity index (χ2n) is 9.06. The lowest BCUT2D eigenvalue weighted by molar-refractivity contribution is -0.139. The molecule has 0 heterocycles. The van der Waals surface area contributed by atoms with E-state index in [1.165, 1.54) is 0 Å². The van der Waals surface area contributed by atoms with Crippen molar-refractivity contribution in [1.29, 1.82) is 0 Å². The van der Waals surface area contributed by atoms with E-state index in [-0.39, 0.29) is 37.4 Å². The van der Waals surface area contributed by atoms with E-state index in [0.29, 0.717) is 11.1 Å². The van der Waals surface area contributed by atoms with Crippen LogP contribution in [0, 0.1) is 0 Å². The number of carbonyl (C=O) groups is 2. The van der Waals surface area contributed by atoms with E-state index in [1.54, 1.807) is 38.1 Å². The Kier molecular flexibility index (Phi) is 10.8. The Hall–Kier alpha value is -1.51. The van der Waals surface area contributed by atoms with Gasteiger partial charge in [-0.1, -0.05) is 32.9 Å². The van der Waals surface area contributed by atoms with E-state index >= 15 is 0 Å². The van der Waals surface area contributed by atoms with Crippen molar-refractivity contribution in [1.82, 2.24) is 5.32 Å². The predicted molar refractivity (Wildman–Crippen MR) is 128 cm³/mol. The van der Waals surface area contributed by atoms with Crippen molar-refractivity contribution in [2.75, 3.05) is 19.8 Å². The highest BCUT2D eigenvalue weighted by Gasteiger charge is 2.37. The van der Waals surface area contributed by atoms with Gasteiger partial charge in [0.2, 0.25) is 0 Å². The first kappa shape index (κ1) is 28.5. The maximum atomic E-state index is 12.7. The van der Waals surface area contributed by atoms with Crippen molar-refractivity contribution in [2.24, 2.45) is 0 Å². The van der Waals surface area contributed by atoms with Crippen molar-refractivity contribution >= 4 is 27.8 Å². The number of benzene rings is 1. The van der Waals surface area contributed by atoms with Gasteiger partial charge in [-0.05, 0) is 49.7 Å². The van der Waals surface area contributed by atoms with E-state index in [1.807, 2.05) is 0 Å². The molecule has 0 saturated heterocycles. The molecule has 0 unspecified atom stereocenters. The van der Waals surface area contributed by atoms with Gasteiger partial charge in [0.15, 0.2) is 8.32 Å². The van der Waals surface area contributed by atoms with Crippen LogP contribution in [0.4, 0.5) is 0 Å². The van der Waals surface area contributed by atoms with Crippen LogP contribution in [0.3, 0.4) is 0 Å². The fraction of sp³-hybridized carbons (Fsp3) is 0.636. The summed E-state index contributed by atoms with van der Waals surface area (Å²) in [5.41, 5.74) is 1.01. The fourth-order valence-electron chi connectivity index (χ4n) is 2.65. The van der Waals surface area contributed by atoms with Crippen molar-refractivity contribution in [3.05, 3.63) is 35.4 Å². The van der Waals surface area contributed by atoms with Crippen LogP contribution in [0.25, 0.3) is 0 Å². The minimum Gasteiger partial charge on any atom is -0.480 e. The molecule has 8 nitrogen and oxygen atoms in total. The summed E-state index contributed by atoms with van der Waals surface area (Å²) >= 11 is 0. The molecule has 0 aliphatic carbocycles. The zero-order valence-electron chi connectivity index (χ0n) is 20.3. The monoisotopic (exact) mass is 487 g/mol. The van der Waals surface area contributed by atoms with Crippen molar-refractivity contribution < 1.29 is 32.7 Å². The maximum Gasteiger partial charge on any atom is 0.335 e. The molecule has 1 atom stereocenters. The predicted octanol–water partition coefficient (Wildman–Crippen LogP) is 5.05. The summed E-state index contributed by atoms with van der Waals surface area (Å²) in [5.74, 6) is -1.60. The van der Waals surface area contributed by atoms with Crippen molar-refractivity contribution in [3.8, 4) is 0 Å². The fourth-order valence-corrected chi connectivity index (χ4v) is 5.42. The Labute approximate surface area is 192 Å². The maximum absolute atomic E-state index is 12.7. The average Bonchev–Trinajstić information content (AvgIpc) is 2.66.